The minimum atomic E-state index is -0.653. The van der Waals surface area contributed by atoms with Gasteiger partial charge in [0.05, 0.1) is 9.86 Å². The van der Waals surface area contributed by atoms with Gasteiger partial charge in [-0.2, -0.15) is 0 Å². The Labute approximate surface area is 81.5 Å². The minimum absolute atomic E-state index is 0.164. The fraction of sp³-hybridized carbons (Fsp3) is 0.111. The molecule has 0 bridgehead atoms. The van der Waals surface area contributed by atoms with Crippen molar-refractivity contribution in [2.75, 3.05) is 0 Å². The Kier molecular flexibility index (Phi) is 1.87. The van der Waals surface area contributed by atoms with Gasteiger partial charge >= 0.3 is 0 Å². The summed E-state index contributed by atoms with van der Waals surface area (Å²) in [6.45, 7) is 1.68. The van der Waals surface area contributed by atoms with E-state index in [1.807, 2.05) is 0 Å². The lowest BCUT2D eigenvalue weighted by Gasteiger charge is -1.96. The Balaban J connectivity index is 2.95. The minimum Gasteiger partial charge on any atom is -0.460 e. The van der Waals surface area contributed by atoms with Crippen LogP contribution in [-0.4, -0.2) is 0 Å². The van der Waals surface area contributed by atoms with Crippen molar-refractivity contribution >= 4 is 26.9 Å². The van der Waals surface area contributed by atoms with Crippen LogP contribution >= 0.6 is 15.9 Å². The first kappa shape index (κ1) is 8.69. The largest absolute Gasteiger partial charge is 0.460 e. The lowest BCUT2D eigenvalue weighted by atomic mass is 10.2. The van der Waals surface area contributed by atoms with E-state index >= 15 is 0 Å². The number of hydrogen-bond acceptors (Lipinski definition) is 1. The zero-order valence-electron chi connectivity index (χ0n) is 6.70. The predicted octanol–water partition coefficient (Wildman–Crippen LogP) is 3.78. The molecule has 4 heteroatoms. The Bertz CT molecular complexity index is 476. The Morgan fingerprint density at radius 2 is 1.92 bits per heavy atom. The third-order valence-electron chi connectivity index (χ3n) is 1.78. The van der Waals surface area contributed by atoms with Crippen LogP contribution in [0, 0.1) is 18.6 Å². The number of rotatable bonds is 0. The summed E-state index contributed by atoms with van der Waals surface area (Å²) in [7, 11) is 0. The molecule has 0 atom stereocenters. The highest BCUT2D eigenvalue weighted by Gasteiger charge is 2.13. The van der Waals surface area contributed by atoms with Crippen LogP contribution < -0.4 is 0 Å². The average Bonchev–Trinajstić information content (AvgIpc) is 2.44. The summed E-state index contributed by atoms with van der Waals surface area (Å²) in [6.07, 6.45) is 0. The van der Waals surface area contributed by atoms with Gasteiger partial charge in [0.15, 0.2) is 5.58 Å². The number of aryl methyl sites for hydroxylation is 1. The summed E-state index contributed by atoms with van der Waals surface area (Å²) in [5, 5.41) is 0.297. The molecule has 68 valence electrons. The Hall–Kier alpha value is -0.900. The van der Waals surface area contributed by atoms with E-state index in [2.05, 4.69) is 15.9 Å². The molecular formula is C9H5BrF2O. The molecule has 0 aliphatic heterocycles. The van der Waals surface area contributed by atoms with Crippen LogP contribution in [0.3, 0.4) is 0 Å². The third-order valence-corrected chi connectivity index (χ3v) is 2.51. The number of benzene rings is 1. The molecule has 0 fully saturated rings. The maximum atomic E-state index is 13.1. The van der Waals surface area contributed by atoms with Gasteiger partial charge in [-0.1, -0.05) is 0 Å². The molecule has 2 aromatic rings. The molecule has 0 amide bonds. The molecule has 0 saturated heterocycles. The molecule has 1 heterocycles. The van der Waals surface area contributed by atoms with Gasteiger partial charge in [-0.15, -0.1) is 0 Å². The molecule has 1 nitrogen and oxygen atoms in total. The zero-order valence-corrected chi connectivity index (χ0v) is 8.28. The van der Waals surface area contributed by atoms with Crippen LogP contribution in [-0.2, 0) is 0 Å². The summed E-state index contributed by atoms with van der Waals surface area (Å²) < 4.78 is 31.4. The predicted molar refractivity (Wildman–Crippen MR) is 48.6 cm³/mol. The topological polar surface area (TPSA) is 13.1 Å². The molecule has 0 spiro atoms. The second kappa shape index (κ2) is 2.80. The van der Waals surface area contributed by atoms with Gasteiger partial charge in [0.2, 0.25) is 0 Å². The summed E-state index contributed by atoms with van der Waals surface area (Å²) in [4.78, 5) is 0. The Morgan fingerprint density at radius 1 is 1.23 bits per heavy atom. The monoisotopic (exact) mass is 246 g/mol. The SMILES string of the molecule is Cc1cc2c(F)cc(F)c(Br)c2o1. The van der Waals surface area contributed by atoms with Gasteiger partial charge in [-0.25, -0.2) is 8.78 Å². The highest BCUT2D eigenvalue weighted by molar-refractivity contribution is 9.10. The van der Waals surface area contributed by atoms with E-state index in [1.54, 1.807) is 6.92 Å². The maximum absolute atomic E-state index is 13.1. The highest BCUT2D eigenvalue weighted by atomic mass is 79.9. The van der Waals surface area contributed by atoms with E-state index in [9.17, 15) is 8.78 Å². The summed E-state index contributed by atoms with van der Waals surface area (Å²) >= 11 is 2.99. The lowest BCUT2D eigenvalue weighted by molar-refractivity contribution is 0.557. The molecule has 0 radical (unpaired) electrons. The second-order valence-electron chi connectivity index (χ2n) is 2.75. The molecule has 0 aliphatic rings. The second-order valence-corrected chi connectivity index (χ2v) is 3.55. The first-order valence-corrected chi connectivity index (χ1v) is 4.42. The number of fused-ring (bicyclic) bond motifs is 1. The van der Waals surface area contributed by atoms with Crippen molar-refractivity contribution in [3.8, 4) is 0 Å². The van der Waals surface area contributed by atoms with Gasteiger partial charge in [0.25, 0.3) is 0 Å². The number of furan rings is 1. The van der Waals surface area contributed by atoms with Crippen molar-refractivity contribution in [1.29, 1.82) is 0 Å². The van der Waals surface area contributed by atoms with Gasteiger partial charge < -0.3 is 4.42 Å². The molecular weight excluding hydrogens is 242 g/mol. The number of hydrogen-bond donors (Lipinski definition) is 0. The molecule has 2 rings (SSSR count). The van der Waals surface area contributed by atoms with Crippen LogP contribution in [0.4, 0.5) is 8.78 Å². The molecule has 0 aliphatic carbocycles. The Morgan fingerprint density at radius 3 is 2.62 bits per heavy atom. The fourth-order valence-corrected chi connectivity index (χ4v) is 1.62. The van der Waals surface area contributed by atoms with E-state index in [0.29, 0.717) is 11.1 Å². The standard InChI is InChI=1S/C9H5BrF2O/c1-4-2-5-6(11)3-7(12)8(10)9(5)13-4/h2-3H,1H3. The van der Waals surface area contributed by atoms with Crippen LogP contribution in [0.1, 0.15) is 5.76 Å². The normalized spacial score (nSPS) is 11.1. The van der Waals surface area contributed by atoms with Crippen molar-refractivity contribution in [3.05, 3.63) is 34.0 Å². The van der Waals surface area contributed by atoms with Gasteiger partial charge in [-0.3, -0.25) is 0 Å². The van der Waals surface area contributed by atoms with Crippen molar-refractivity contribution in [3.63, 3.8) is 0 Å². The fourth-order valence-electron chi connectivity index (χ4n) is 1.22. The number of halogens is 3. The van der Waals surface area contributed by atoms with Crippen LogP contribution in [0.15, 0.2) is 21.0 Å². The van der Waals surface area contributed by atoms with E-state index in [-0.39, 0.29) is 10.1 Å². The smallest absolute Gasteiger partial charge is 0.154 e. The van der Waals surface area contributed by atoms with Crippen molar-refractivity contribution in [1.82, 2.24) is 0 Å². The van der Waals surface area contributed by atoms with Crippen molar-refractivity contribution in [2.45, 2.75) is 6.92 Å². The molecule has 1 aromatic carbocycles. The maximum Gasteiger partial charge on any atom is 0.154 e. The van der Waals surface area contributed by atoms with E-state index in [4.69, 9.17) is 4.42 Å². The van der Waals surface area contributed by atoms with Gasteiger partial charge in [-0.05, 0) is 28.9 Å². The van der Waals surface area contributed by atoms with Crippen molar-refractivity contribution in [2.24, 2.45) is 0 Å². The molecule has 13 heavy (non-hydrogen) atoms. The molecule has 0 saturated carbocycles. The van der Waals surface area contributed by atoms with E-state index < -0.39 is 11.6 Å². The summed E-state index contributed by atoms with van der Waals surface area (Å²) in [5.74, 6) is -0.702. The third kappa shape index (κ3) is 1.25. The molecule has 0 N–H and O–H groups in total. The summed E-state index contributed by atoms with van der Waals surface area (Å²) in [6, 6.07) is 2.37. The van der Waals surface area contributed by atoms with E-state index in [0.717, 1.165) is 6.07 Å². The highest BCUT2D eigenvalue weighted by Crippen LogP contribution is 2.31. The van der Waals surface area contributed by atoms with E-state index in [1.165, 1.54) is 6.07 Å². The lowest BCUT2D eigenvalue weighted by Crippen LogP contribution is -1.82. The van der Waals surface area contributed by atoms with Gasteiger partial charge in [0.1, 0.15) is 17.4 Å². The van der Waals surface area contributed by atoms with Crippen LogP contribution in [0.2, 0.25) is 0 Å². The molecule has 0 unspecified atom stereocenters. The summed E-state index contributed by atoms with van der Waals surface area (Å²) in [5.41, 5.74) is 0.218. The molecule has 1 aromatic heterocycles. The van der Waals surface area contributed by atoms with Gasteiger partial charge in [0, 0.05) is 6.07 Å². The average molecular weight is 247 g/mol. The van der Waals surface area contributed by atoms with Crippen molar-refractivity contribution < 1.29 is 13.2 Å². The van der Waals surface area contributed by atoms with Crippen LogP contribution in [0.25, 0.3) is 11.0 Å². The quantitative estimate of drug-likeness (QED) is 0.645. The first-order chi connectivity index (χ1) is 6.09. The van der Waals surface area contributed by atoms with Crippen LogP contribution in [0.5, 0.6) is 0 Å². The zero-order chi connectivity index (χ0) is 9.59. The first-order valence-electron chi connectivity index (χ1n) is 3.63.